The SMILES string of the molecule is O=C(CCc1cccnc1)N1CCCC(N2CCN(c3cccc(Cl)c3)CC2)C1. The number of benzene rings is 1. The number of aryl methyl sites for hydroxylation is 1. The van der Waals surface area contributed by atoms with Crippen molar-refractivity contribution in [2.75, 3.05) is 44.2 Å². The predicted octanol–water partition coefficient (Wildman–Crippen LogP) is 3.48. The van der Waals surface area contributed by atoms with Gasteiger partial charge in [-0.3, -0.25) is 14.7 Å². The summed E-state index contributed by atoms with van der Waals surface area (Å²) >= 11 is 6.15. The van der Waals surface area contributed by atoms with E-state index in [1.807, 2.05) is 36.5 Å². The first kappa shape index (κ1) is 20.2. The van der Waals surface area contributed by atoms with E-state index < -0.39 is 0 Å². The smallest absolute Gasteiger partial charge is 0.222 e. The van der Waals surface area contributed by atoms with Crippen molar-refractivity contribution in [3.63, 3.8) is 0 Å². The van der Waals surface area contributed by atoms with Gasteiger partial charge in [0.05, 0.1) is 0 Å². The zero-order chi connectivity index (χ0) is 20.1. The summed E-state index contributed by atoms with van der Waals surface area (Å²) < 4.78 is 0. The van der Waals surface area contributed by atoms with E-state index in [4.69, 9.17) is 11.6 Å². The normalized spacial score (nSPS) is 20.7. The molecule has 4 rings (SSSR count). The highest BCUT2D eigenvalue weighted by atomic mass is 35.5. The van der Waals surface area contributed by atoms with Crippen molar-refractivity contribution in [1.29, 1.82) is 0 Å². The topological polar surface area (TPSA) is 39.7 Å². The van der Waals surface area contributed by atoms with E-state index in [0.717, 1.165) is 62.7 Å². The van der Waals surface area contributed by atoms with E-state index in [-0.39, 0.29) is 5.91 Å². The largest absolute Gasteiger partial charge is 0.369 e. The van der Waals surface area contributed by atoms with Gasteiger partial charge in [-0.25, -0.2) is 0 Å². The second kappa shape index (κ2) is 9.59. The molecule has 0 spiro atoms. The van der Waals surface area contributed by atoms with Crippen LogP contribution in [-0.2, 0) is 11.2 Å². The number of piperazine rings is 1. The van der Waals surface area contributed by atoms with Crippen LogP contribution in [0.25, 0.3) is 0 Å². The Hall–Kier alpha value is -2.11. The van der Waals surface area contributed by atoms with Crippen LogP contribution in [-0.4, -0.2) is 66.0 Å². The van der Waals surface area contributed by atoms with Gasteiger partial charge in [0.1, 0.15) is 0 Å². The van der Waals surface area contributed by atoms with E-state index in [2.05, 4.69) is 25.8 Å². The zero-order valence-electron chi connectivity index (χ0n) is 16.8. The average molecular weight is 413 g/mol. The van der Waals surface area contributed by atoms with E-state index in [1.54, 1.807) is 6.20 Å². The van der Waals surface area contributed by atoms with E-state index in [0.29, 0.717) is 12.5 Å². The highest BCUT2D eigenvalue weighted by Crippen LogP contribution is 2.23. The standard InChI is InChI=1S/C23H29ClN4O/c24-20-5-1-6-21(16-20)26-12-14-27(15-13-26)22-7-3-11-28(18-22)23(29)9-8-19-4-2-10-25-17-19/h1-2,4-6,10,16-17,22H,3,7-9,11-15,18H2. The molecule has 0 aliphatic carbocycles. The number of piperidine rings is 1. The molecule has 1 atom stereocenters. The quantitative estimate of drug-likeness (QED) is 0.753. The second-order valence-electron chi connectivity index (χ2n) is 8.00. The van der Waals surface area contributed by atoms with Crippen LogP contribution < -0.4 is 4.90 Å². The molecule has 29 heavy (non-hydrogen) atoms. The molecule has 0 bridgehead atoms. The van der Waals surface area contributed by atoms with Crippen LogP contribution in [0.15, 0.2) is 48.8 Å². The van der Waals surface area contributed by atoms with Gasteiger partial charge in [-0.05, 0) is 49.1 Å². The fourth-order valence-electron chi connectivity index (χ4n) is 4.45. The van der Waals surface area contributed by atoms with Gasteiger partial charge < -0.3 is 9.80 Å². The lowest BCUT2D eigenvalue weighted by Crippen LogP contribution is -2.55. The van der Waals surface area contributed by atoms with Crippen molar-refractivity contribution in [3.05, 3.63) is 59.4 Å². The van der Waals surface area contributed by atoms with Crippen LogP contribution in [0, 0.1) is 0 Å². The summed E-state index contributed by atoms with van der Waals surface area (Å²) in [6.45, 7) is 5.84. The molecule has 2 saturated heterocycles. The molecule has 1 amide bonds. The van der Waals surface area contributed by atoms with Crippen LogP contribution in [0.4, 0.5) is 5.69 Å². The van der Waals surface area contributed by atoms with E-state index >= 15 is 0 Å². The third kappa shape index (κ3) is 5.28. The third-order valence-electron chi connectivity index (χ3n) is 6.10. The summed E-state index contributed by atoms with van der Waals surface area (Å²) in [6.07, 6.45) is 7.24. The highest BCUT2D eigenvalue weighted by Gasteiger charge is 2.29. The Labute approximate surface area is 178 Å². The van der Waals surface area contributed by atoms with Crippen molar-refractivity contribution in [2.45, 2.75) is 31.7 Å². The molecule has 2 aromatic rings. The average Bonchev–Trinajstić information content (AvgIpc) is 2.78. The predicted molar refractivity (Wildman–Crippen MR) is 117 cm³/mol. The third-order valence-corrected chi connectivity index (χ3v) is 6.34. The Morgan fingerprint density at radius 1 is 1.10 bits per heavy atom. The number of carbonyl (C=O) groups is 1. The molecule has 1 aromatic heterocycles. The van der Waals surface area contributed by atoms with Gasteiger partial charge in [-0.2, -0.15) is 0 Å². The lowest BCUT2D eigenvalue weighted by molar-refractivity contribution is -0.133. The molecule has 5 nitrogen and oxygen atoms in total. The summed E-state index contributed by atoms with van der Waals surface area (Å²) in [5, 5.41) is 0.789. The number of rotatable bonds is 5. The van der Waals surface area contributed by atoms with E-state index in [9.17, 15) is 4.79 Å². The highest BCUT2D eigenvalue weighted by molar-refractivity contribution is 6.30. The molecule has 0 saturated carbocycles. The Morgan fingerprint density at radius 3 is 2.72 bits per heavy atom. The summed E-state index contributed by atoms with van der Waals surface area (Å²) in [5.41, 5.74) is 2.33. The molecule has 3 heterocycles. The number of pyridine rings is 1. The van der Waals surface area contributed by atoms with Crippen LogP contribution in [0.1, 0.15) is 24.8 Å². The first-order valence-electron chi connectivity index (χ1n) is 10.6. The maximum absolute atomic E-state index is 12.7. The summed E-state index contributed by atoms with van der Waals surface area (Å²) in [5.74, 6) is 0.274. The van der Waals surface area contributed by atoms with E-state index in [1.165, 1.54) is 12.1 Å². The number of aromatic nitrogens is 1. The van der Waals surface area contributed by atoms with Crippen molar-refractivity contribution in [2.24, 2.45) is 0 Å². The molecular formula is C23H29ClN4O. The van der Waals surface area contributed by atoms with Crippen molar-refractivity contribution < 1.29 is 4.79 Å². The maximum atomic E-state index is 12.7. The first-order chi connectivity index (χ1) is 14.2. The summed E-state index contributed by atoms with van der Waals surface area (Å²) in [4.78, 5) is 23.9. The van der Waals surface area contributed by atoms with Gasteiger partial charge in [0.15, 0.2) is 0 Å². The molecule has 6 heteroatoms. The Bertz CT molecular complexity index is 808. The van der Waals surface area contributed by atoms with Crippen LogP contribution in [0.3, 0.4) is 0 Å². The lowest BCUT2D eigenvalue weighted by Gasteiger charge is -2.44. The molecule has 1 unspecified atom stereocenters. The van der Waals surface area contributed by atoms with Crippen molar-refractivity contribution >= 4 is 23.2 Å². The maximum Gasteiger partial charge on any atom is 0.222 e. The minimum absolute atomic E-state index is 0.274. The molecule has 0 radical (unpaired) electrons. The van der Waals surface area contributed by atoms with Gasteiger partial charge in [0.25, 0.3) is 0 Å². The number of hydrogen-bond acceptors (Lipinski definition) is 4. The van der Waals surface area contributed by atoms with Gasteiger partial charge in [-0.15, -0.1) is 0 Å². The molecular weight excluding hydrogens is 384 g/mol. The first-order valence-corrected chi connectivity index (χ1v) is 11.0. The van der Waals surface area contributed by atoms with Crippen LogP contribution in [0.2, 0.25) is 5.02 Å². The molecule has 154 valence electrons. The fraction of sp³-hybridized carbons (Fsp3) is 0.478. The van der Waals surface area contributed by atoms with Crippen LogP contribution in [0.5, 0.6) is 0 Å². The Balaban J connectivity index is 1.27. The number of hydrogen-bond donors (Lipinski definition) is 0. The number of carbonyl (C=O) groups excluding carboxylic acids is 1. The van der Waals surface area contributed by atoms with Crippen LogP contribution >= 0.6 is 11.6 Å². The summed E-state index contributed by atoms with van der Waals surface area (Å²) in [7, 11) is 0. The number of anilines is 1. The number of nitrogens with zero attached hydrogens (tertiary/aromatic N) is 4. The van der Waals surface area contributed by atoms with Crippen molar-refractivity contribution in [3.8, 4) is 0 Å². The Kier molecular flexibility index (Phi) is 6.67. The van der Waals surface area contributed by atoms with Gasteiger partial charge >= 0.3 is 0 Å². The van der Waals surface area contributed by atoms with Gasteiger partial charge in [0, 0.05) is 74.8 Å². The minimum atomic E-state index is 0.274. The van der Waals surface area contributed by atoms with Gasteiger partial charge in [0.2, 0.25) is 5.91 Å². The fourth-order valence-corrected chi connectivity index (χ4v) is 4.64. The van der Waals surface area contributed by atoms with Crippen molar-refractivity contribution in [1.82, 2.24) is 14.8 Å². The molecule has 2 aliphatic rings. The zero-order valence-corrected chi connectivity index (χ0v) is 17.6. The molecule has 1 aromatic carbocycles. The monoisotopic (exact) mass is 412 g/mol. The molecule has 2 aliphatic heterocycles. The summed E-state index contributed by atoms with van der Waals surface area (Å²) in [6, 6.07) is 12.6. The molecule has 0 N–H and O–H groups in total. The minimum Gasteiger partial charge on any atom is -0.369 e. The number of amides is 1. The van der Waals surface area contributed by atoms with Gasteiger partial charge in [-0.1, -0.05) is 23.7 Å². The number of likely N-dealkylation sites (tertiary alicyclic amines) is 1. The molecule has 2 fully saturated rings. The number of halogens is 1. The second-order valence-corrected chi connectivity index (χ2v) is 8.44. The lowest BCUT2D eigenvalue weighted by atomic mass is 10.0. The Morgan fingerprint density at radius 2 is 1.97 bits per heavy atom.